The van der Waals surface area contributed by atoms with Gasteiger partial charge >= 0.3 is 0 Å². The third kappa shape index (κ3) is 9.97. The predicted molar refractivity (Wildman–Crippen MR) is 275 cm³/mol. The summed E-state index contributed by atoms with van der Waals surface area (Å²) in [7, 11) is 11.1. The zero-order chi connectivity index (χ0) is 48.3. The molecule has 0 saturated heterocycles. The molecule has 0 amide bonds. The van der Waals surface area contributed by atoms with Gasteiger partial charge in [-0.05, 0) is 135 Å². The summed E-state index contributed by atoms with van der Waals surface area (Å²) >= 11 is 7.16. The van der Waals surface area contributed by atoms with E-state index in [0.717, 1.165) is 66.5 Å². The number of rotatable bonds is 11. The number of hydrogen-bond donors (Lipinski definition) is 1. The van der Waals surface area contributed by atoms with E-state index in [1.54, 1.807) is 26.4 Å². The second kappa shape index (κ2) is 20.8. The number of Topliss-reactive ketones (excluding diaryl/α,β-unsaturated/α-hetero) is 1. The van der Waals surface area contributed by atoms with Gasteiger partial charge in [0, 0.05) is 79.4 Å². The van der Waals surface area contributed by atoms with Gasteiger partial charge in [0.1, 0.15) is 17.2 Å². The maximum absolute atomic E-state index is 13.9. The molecule has 6 aromatic carbocycles. The molecule has 8 aromatic rings. The van der Waals surface area contributed by atoms with Gasteiger partial charge in [0.25, 0.3) is 0 Å². The average Bonchev–Trinajstić information content (AvgIpc) is 3.91. The van der Waals surface area contributed by atoms with Crippen molar-refractivity contribution in [2.24, 2.45) is 0 Å². The van der Waals surface area contributed by atoms with E-state index in [0.29, 0.717) is 36.4 Å². The Morgan fingerprint density at radius 1 is 0.691 bits per heavy atom. The second-order valence-electron chi connectivity index (χ2n) is 17.5. The van der Waals surface area contributed by atoms with Crippen LogP contribution in [-0.4, -0.2) is 86.2 Å². The molecular weight excluding hydrogens is 990 g/mol. The van der Waals surface area contributed by atoms with Crippen molar-refractivity contribution in [3.63, 3.8) is 0 Å². The number of ether oxygens (including phenoxy) is 2. The van der Waals surface area contributed by atoms with Crippen LogP contribution in [0.4, 0.5) is 8.78 Å². The largest absolute Gasteiger partial charge is 0.481 e. The Balaban J connectivity index is 0.000000155. The van der Waals surface area contributed by atoms with Crippen molar-refractivity contribution < 1.29 is 28.2 Å². The SMILES string of the molecule is CN(C)CCC(=O)c1ccc(F)cc1.COc1nc2ccc(Br)cc2c2c1C(C(O)(CCN(C)C)c1ccc(F)cc1)c1ccccc1-2.COc1nc2ccc(Br)cc2c2c1Cc1ccccc1-2. The van der Waals surface area contributed by atoms with Crippen molar-refractivity contribution in [2.75, 3.05) is 55.5 Å². The fourth-order valence-corrected chi connectivity index (χ4v) is 9.99. The lowest BCUT2D eigenvalue weighted by atomic mass is 9.74. The Labute approximate surface area is 412 Å². The van der Waals surface area contributed by atoms with Crippen LogP contribution in [0, 0.1) is 11.6 Å². The van der Waals surface area contributed by atoms with Gasteiger partial charge < -0.3 is 24.4 Å². The summed E-state index contributed by atoms with van der Waals surface area (Å²) in [6, 6.07) is 40.7. The van der Waals surface area contributed by atoms with Gasteiger partial charge in [-0.3, -0.25) is 4.79 Å². The molecule has 2 heterocycles. The van der Waals surface area contributed by atoms with E-state index in [9.17, 15) is 18.7 Å². The molecule has 1 N–H and O–H groups in total. The maximum Gasteiger partial charge on any atom is 0.218 e. The number of ketones is 1. The molecule has 10 rings (SSSR count). The number of halogens is 4. The molecule has 0 saturated carbocycles. The summed E-state index contributed by atoms with van der Waals surface area (Å²) in [6.07, 6.45) is 1.81. The van der Waals surface area contributed by atoms with E-state index in [1.807, 2.05) is 74.4 Å². The lowest BCUT2D eigenvalue weighted by Gasteiger charge is -2.37. The van der Waals surface area contributed by atoms with Crippen LogP contribution in [0.2, 0.25) is 0 Å². The van der Waals surface area contributed by atoms with Crippen LogP contribution < -0.4 is 9.47 Å². The summed E-state index contributed by atoms with van der Waals surface area (Å²) < 4.78 is 39.8. The highest BCUT2D eigenvalue weighted by molar-refractivity contribution is 9.10. The van der Waals surface area contributed by atoms with Crippen molar-refractivity contribution in [1.29, 1.82) is 0 Å². The number of fused-ring (bicyclic) bond motifs is 10. The van der Waals surface area contributed by atoms with Crippen LogP contribution in [0.15, 0.2) is 142 Å². The van der Waals surface area contributed by atoms with Gasteiger partial charge in [0.2, 0.25) is 11.8 Å². The molecule has 0 aliphatic heterocycles. The molecule has 348 valence electrons. The first-order valence-electron chi connectivity index (χ1n) is 22.3. The van der Waals surface area contributed by atoms with E-state index >= 15 is 0 Å². The highest BCUT2D eigenvalue weighted by Crippen LogP contribution is 2.58. The minimum absolute atomic E-state index is 0.0544. The quantitative estimate of drug-likeness (QED) is 0.128. The molecule has 0 radical (unpaired) electrons. The monoisotopic (exact) mass is 1040 g/mol. The Morgan fingerprint density at radius 2 is 1.24 bits per heavy atom. The topological polar surface area (TPSA) is 88.0 Å². The van der Waals surface area contributed by atoms with E-state index in [-0.39, 0.29) is 17.4 Å². The molecule has 2 unspecified atom stereocenters. The summed E-state index contributed by atoms with van der Waals surface area (Å²) in [4.78, 5) is 25.0. The zero-order valence-electron chi connectivity index (χ0n) is 38.8. The number of hydrogen-bond acceptors (Lipinski definition) is 8. The van der Waals surface area contributed by atoms with Crippen molar-refractivity contribution >= 4 is 59.4 Å². The van der Waals surface area contributed by atoms with Gasteiger partial charge in [-0.25, -0.2) is 18.7 Å². The van der Waals surface area contributed by atoms with E-state index < -0.39 is 11.5 Å². The van der Waals surface area contributed by atoms with Crippen LogP contribution in [0.25, 0.3) is 44.1 Å². The van der Waals surface area contributed by atoms with Crippen LogP contribution in [-0.2, 0) is 12.0 Å². The molecule has 0 bridgehead atoms. The maximum atomic E-state index is 13.9. The van der Waals surface area contributed by atoms with Gasteiger partial charge in [0.15, 0.2) is 5.78 Å². The van der Waals surface area contributed by atoms with E-state index in [1.165, 1.54) is 64.0 Å². The summed E-state index contributed by atoms with van der Waals surface area (Å²) in [5.41, 5.74) is 10.8. The van der Waals surface area contributed by atoms with E-state index in [4.69, 9.17) is 14.5 Å². The summed E-state index contributed by atoms with van der Waals surface area (Å²) in [5, 5.41) is 14.7. The van der Waals surface area contributed by atoms with Gasteiger partial charge in [-0.2, -0.15) is 0 Å². The molecule has 0 fully saturated rings. The lowest BCUT2D eigenvalue weighted by molar-refractivity contribution is 0.00492. The van der Waals surface area contributed by atoms with Crippen LogP contribution >= 0.6 is 31.9 Å². The first-order chi connectivity index (χ1) is 32.7. The first kappa shape index (κ1) is 48.6. The lowest BCUT2D eigenvalue weighted by Crippen LogP contribution is -2.37. The number of methoxy groups -OCH3 is 2. The van der Waals surface area contributed by atoms with E-state index in [2.05, 4.69) is 85.4 Å². The molecule has 2 aromatic heterocycles. The number of aliphatic hydroxyl groups is 1. The molecule has 2 atom stereocenters. The summed E-state index contributed by atoms with van der Waals surface area (Å²) in [5.74, 6) is 0.214. The van der Waals surface area contributed by atoms with Gasteiger partial charge in [-0.15, -0.1) is 0 Å². The Bertz CT molecular complexity index is 3130. The minimum Gasteiger partial charge on any atom is -0.481 e. The molecule has 8 nitrogen and oxygen atoms in total. The molecule has 12 heteroatoms. The number of pyridine rings is 2. The average molecular weight is 1040 g/mol. The Hall–Kier alpha value is -5.89. The molecule has 2 aliphatic carbocycles. The number of benzene rings is 6. The Kier molecular flexibility index (Phi) is 14.8. The first-order valence-corrected chi connectivity index (χ1v) is 23.9. The molecule has 0 spiro atoms. The molecular formula is C56H52Br2F2N4O4. The third-order valence-electron chi connectivity index (χ3n) is 12.5. The third-order valence-corrected chi connectivity index (χ3v) is 13.5. The number of nitrogens with zero attached hydrogens (tertiary/aromatic N) is 4. The Morgan fingerprint density at radius 3 is 1.84 bits per heavy atom. The summed E-state index contributed by atoms with van der Waals surface area (Å²) in [6.45, 7) is 1.37. The van der Waals surface area contributed by atoms with Crippen molar-refractivity contribution in [1.82, 2.24) is 19.8 Å². The highest BCUT2D eigenvalue weighted by Gasteiger charge is 2.48. The zero-order valence-corrected chi connectivity index (χ0v) is 42.0. The normalized spacial score (nSPS) is 14.0. The van der Waals surface area contributed by atoms with Gasteiger partial charge in [-0.1, -0.05) is 92.5 Å². The number of carbonyl (C=O) groups is 1. The van der Waals surface area contributed by atoms with Crippen LogP contribution in [0.1, 0.15) is 56.9 Å². The number of aromatic nitrogens is 2. The van der Waals surface area contributed by atoms with Crippen molar-refractivity contribution in [3.05, 3.63) is 187 Å². The van der Waals surface area contributed by atoms with Crippen LogP contribution in [0.3, 0.4) is 0 Å². The van der Waals surface area contributed by atoms with Crippen molar-refractivity contribution in [3.8, 4) is 34.0 Å². The fraction of sp³-hybridized carbons (Fsp3) is 0.232. The highest BCUT2D eigenvalue weighted by atomic mass is 79.9. The number of carbonyl (C=O) groups excluding carboxylic acids is 1. The fourth-order valence-electron chi connectivity index (χ4n) is 9.26. The van der Waals surface area contributed by atoms with Gasteiger partial charge in [0.05, 0.1) is 25.3 Å². The molecule has 68 heavy (non-hydrogen) atoms. The van der Waals surface area contributed by atoms with Crippen molar-refractivity contribution in [2.45, 2.75) is 30.8 Å². The smallest absolute Gasteiger partial charge is 0.218 e. The second-order valence-corrected chi connectivity index (χ2v) is 19.4. The minimum atomic E-state index is -1.31. The van der Waals surface area contributed by atoms with Crippen LogP contribution in [0.5, 0.6) is 11.8 Å². The standard InChI is InChI=1S/C28H26BrFN2O2.C17H12BrNO.C11H14FNO/c1-32(2)15-14-28(33,17-8-11-19(30)12-9-17)26-21-7-5-4-6-20(21)24-22-16-18(29)10-13-23(22)31-27(34-3)25(24)26;1-20-17-14-8-10-4-2-3-5-12(10)16(14)13-9-11(18)6-7-15(13)19-17;1-13(2)8-7-11(14)9-3-5-10(12)6-4-9/h4-13,16,26,33H,14-15H2,1-3H3;2-7,9H,8H2,1H3;3-6H,7-8H2,1-2H3. The predicted octanol–water partition coefficient (Wildman–Crippen LogP) is 12.6. The molecule has 2 aliphatic rings.